The third-order valence-corrected chi connectivity index (χ3v) is 4.31. The van der Waals surface area contributed by atoms with E-state index in [9.17, 15) is 4.39 Å². The number of hydrogen-bond acceptors (Lipinski definition) is 6. The van der Waals surface area contributed by atoms with Crippen molar-refractivity contribution in [1.29, 1.82) is 0 Å². The highest BCUT2D eigenvalue weighted by Crippen LogP contribution is 2.18. The van der Waals surface area contributed by atoms with Crippen molar-refractivity contribution in [1.82, 2.24) is 20.6 Å². The summed E-state index contributed by atoms with van der Waals surface area (Å²) in [5.74, 6) is 1.02. The normalized spacial score (nSPS) is 16.1. The largest absolute Gasteiger partial charge is 0.481 e. The first-order chi connectivity index (χ1) is 13.7. The number of ether oxygens (including phenoxy) is 1. The minimum Gasteiger partial charge on any atom is -0.481 e. The highest BCUT2D eigenvalue weighted by Gasteiger charge is 2.15. The molecule has 0 spiro atoms. The Bertz CT molecular complexity index is 846. The fraction of sp³-hybridized carbons (Fsp3) is 0.238. The molecule has 1 aliphatic heterocycles. The van der Waals surface area contributed by atoms with E-state index in [0.717, 1.165) is 29.8 Å². The molecule has 28 heavy (non-hydrogen) atoms. The molecule has 0 fully saturated rings. The van der Waals surface area contributed by atoms with Gasteiger partial charge in [0.2, 0.25) is 5.88 Å². The number of rotatable bonds is 9. The second kappa shape index (κ2) is 9.55. The van der Waals surface area contributed by atoms with Crippen LogP contribution in [0.5, 0.6) is 5.88 Å². The van der Waals surface area contributed by atoms with Crippen molar-refractivity contribution in [3.8, 4) is 5.88 Å². The van der Waals surface area contributed by atoms with E-state index in [2.05, 4.69) is 38.6 Å². The minimum absolute atomic E-state index is 0.00675. The van der Waals surface area contributed by atoms with E-state index >= 15 is 0 Å². The number of methoxy groups -OCH3 is 1. The Kier molecular flexibility index (Phi) is 6.62. The molecule has 1 unspecified atom stereocenters. The zero-order valence-electron chi connectivity index (χ0n) is 15.8. The maximum absolute atomic E-state index is 13.1. The molecule has 7 heteroatoms. The van der Waals surface area contributed by atoms with Gasteiger partial charge in [-0.2, -0.15) is 0 Å². The fourth-order valence-corrected chi connectivity index (χ4v) is 2.79. The Morgan fingerprint density at radius 1 is 1.29 bits per heavy atom. The van der Waals surface area contributed by atoms with Crippen LogP contribution >= 0.6 is 0 Å². The maximum atomic E-state index is 13.1. The maximum Gasteiger partial charge on any atom is 0.212 e. The standard InChI is InChI=1S/C21H24FN5O/c1-3-18(22)14-26-20-9-17(13-25-20)8-15-4-6-19(23-10-15)24-11-16-5-7-21(28-2)27-12-16/h3-7,10,12-14,20,25-26H,1,8-9,11H2,2H3,(H,23,24)/b18-14+. The van der Waals surface area contributed by atoms with Crippen LogP contribution in [0.25, 0.3) is 0 Å². The Labute approximate surface area is 164 Å². The van der Waals surface area contributed by atoms with Crippen molar-refractivity contribution in [3.63, 3.8) is 0 Å². The second-order valence-corrected chi connectivity index (χ2v) is 6.42. The van der Waals surface area contributed by atoms with Crippen LogP contribution in [0.3, 0.4) is 0 Å². The summed E-state index contributed by atoms with van der Waals surface area (Å²) in [4.78, 5) is 8.66. The third-order valence-electron chi connectivity index (χ3n) is 4.31. The molecule has 0 amide bonds. The van der Waals surface area contributed by atoms with Gasteiger partial charge in [-0.3, -0.25) is 0 Å². The third kappa shape index (κ3) is 5.57. The number of pyridine rings is 2. The Morgan fingerprint density at radius 3 is 2.79 bits per heavy atom. The number of anilines is 1. The van der Waals surface area contributed by atoms with Gasteiger partial charge in [0.25, 0.3) is 0 Å². The molecule has 0 aliphatic carbocycles. The predicted molar refractivity (Wildman–Crippen MR) is 108 cm³/mol. The zero-order chi connectivity index (χ0) is 19.8. The first kappa shape index (κ1) is 19.4. The fourth-order valence-electron chi connectivity index (χ4n) is 2.79. The van der Waals surface area contributed by atoms with Gasteiger partial charge >= 0.3 is 0 Å². The minimum atomic E-state index is -0.382. The highest BCUT2D eigenvalue weighted by molar-refractivity contribution is 5.37. The molecule has 1 aliphatic rings. The number of halogens is 1. The Balaban J connectivity index is 1.46. The highest BCUT2D eigenvalue weighted by atomic mass is 19.1. The lowest BCUT2D eigenvalue weighted by atomic mass is 10.1. The van der Waals surface area contributed by atoms with Gasteiger partial charge in [-0.1, -0.05) is 18.7 Å². The molecule has 0 saturated carbocycles. The Hall–Kier alpha value is -3.35. The van der Waals surface area contributed by atoms with Crippen LogP contribution in [0.4, 0.5) is 10.2 Å². The summed E-state index contributed by atoms with van der Waals surface area (Å²) in [7, 11) is 1.60. The van der Waals surface area contributed by atoms with Gasteiger partial charge in [0.15, 0.2) is 0 Å². The lowest BCUT2D eigenvalue weighted by Crippen LogP contribution is -2.32. The summed E-state index contributed by atoms with van der Waals surface area (Å²) < 4.78 is 18.1. The van der Waals surface area contributed by atoms with Gasteiger partial charge in [-0.15, -0.1) is 0 Å². The molecule has 2 aromatic rings. The van der Waals surface area contributed by atoms with Crippen LogP contribution in [0.15, 0.2) is 73.1 Å². The van der Waals surface area contributed by atoms with Crippen molar-refractivity contribution in [2.45, 2.75) is 25.6 Å². The molecule has 1 atom stereocenters. The smallest absolute Gasteiger partial charge is 0.212 e. The molecule has 0 bridgehead atoms. The number of allylic oxidation sites excluding steroid dienone is 2. The second-order valence-electron chi connectivity index (χ2n) is 6.42. The molecule has 3 heterocycles. The van der Waals surface area contributed by atoms with Gasteiger partial charge in [0, 0.05) is 37.6 Å². The summed E-state index contributed by atoms with van der Waals surface area (Å²) >= 11 is 0. The summed E-state index contributed by atoms with van der Waals surface area (Å²) in [5, 5.41) is 9.46. The average molecular weight is 381 g/mol. The van der Waals surface area contributed by atoms with Crippen LogP contribution < -0.4 is 20.7 Å². The van der Waals surface area contributed by atoms with E-state index < -0.39 is 0 Å². The molecular weight excluding hydrogens is 357 g/mol. The van der Waals surface area contributed by atoms with Gasteiger partial charge in [0.1, 0.15) is 11.6 Å². The zero-order valence-corrected chi connectivity index (χ0v) is 15.8. The average Bonchev–Trinajstić information content (AvgIpc) is 3.19. The molecule has 0 radical (unpaired) electrons. The number of nitrogens with one attached hydrogen (secondary N) is 3. The van der Waals surface area contributed by atoms with Crippen LogP contribution in [0.1, 0.15) is 17.5 Å². The number of nitrogens with zero attached hydrogens (tertiary/aromatic N) is 2. The van der Waals surface area contributed by atoms with Crippen molar-refractivity contribution in [3.05, 3.63) is 84.2 Å². The number of hydrogen-bond donors (Lipinski definition) is 3. The van der Waals surface area contributed by atoms with Crippen LogP contribution in [-0.4, -0.2) is 23.2 Å². The van der Waals surface area contributed by atoms with Gasteiger partial charge in [-0.25, -0.2) is 14.4 Å². The van der Waals surface area contributed by atoms with Crippen molar-refractivity contribution >= 4 is 5.82 Å². The lowest BCUT2D eigenvalue weighted by molar-refractivity contribution is 0.397. The van der Waals surface area contributed by atoms with E-state index in [1.54, 1.807) is 13.3 Å². The summed E-state index contributed by atoms with van der Waals surface area (Å²) in [5.41, 5.74) is 3.41. The van der Waals surface area contributed by atoms with Crippen molar-refractivity contribution < 1.29 is 9.13 Å². The number of aromatic nitrogens is 2. The molecule has 2 aromatic heterocycles. The summed E-state index contributed by atoms with van der Waals surface area (Å²) in [6.45, 7) is 4.02. The monoisotopic (exact) mass is 381 g/mol. The van der Waals surface area contributed by atoms with E-state index in [0.29, 0.717) is 12.4 Å². The molecule has 146 valence electrons. The quantitative estimate of drug-likeness (QED) is 0.578. The molecule has 6 nitrogen and oxygen atoms in total. The lowest BCUT2D eigenvalue weighted by Gasteiger charge is -2.11. The topological polar surface area (TPSA) is 71.1 Å². The molecule has 3 N–H and O–H groups in total. The molecule has 3 rings (SSSR count). The Morgan fingerprint density at radius 2 is 2.11 bits per heavy atom. The van der Waals surface area contributed by atoms with Crippen molar-refractivity contribution in [2.75, 3.05) is 12.4 Å². The van der Waals surface area contributed by atoms with E-state index in [4.69, 9.17) is 4.74 Å². The van der Waals surface area contributed by atoms with Crippen molar-refractivity contribution in [2.24, 2.45) is 0 Å². The van der Waals surface area contributed by atoms with E-state index in [1.807, 2.05) is 30.6 Å². The van der Waals surface area contributed by atoms with Gasteiger partial charge in [-0.05, 0) is 41.5 Å². The summed E-state index contributed by atoms with van der Waals surface area (Å²) in [6, 6.07) is 7.82. The van der Waals surface area contributed by atoms with Crippen LogP contribution in [0, 0.1) is 0 Å². The van der Waals surface area contributed by atoms with Gasteiger partial charge in [0.05, 0.1) is 13.3 Å². The predicted octanol–water partition coefficient (Wildman–Crippen LogP) is 3.43. The molecule has 0 saturated heterocycles. The van der Waals surface area contributed by atoms with Crippen LogP contribution in [0.2, 0.25) is 0 Å². The molecular formula is C21H24FN5O. The summed E-state index contributed by atoms with van der Waals surface area (Å²) in [6.07, 6.45) is 9.70. The van der Waals surface area contributed by atoms with E-state index in [-0.39, 0.29) is 12.0 Å². The SMILES string of the molecule is C=C/C(F)=C\NC1CC(Cc2ccc(NCc3ccc(OC)nc3)nc2)=CN1. The first-order valence-electron chi connectivity index (χ1n) is 9.02. The molecule has 0 aromatic carbocycles. The van der Waals surface area contributed by atoms with Crippen LogP contribution in [-0.2, 0) is 13.0 Å². The van der Waals surface area contributed by atoms with E-state index in [1.165, 1.54) is 17.8 Å². The van der Waals surface area contributed by atoms with Gasteiger partial charge < -0.3 is 20.7 Å². The first-order valence-corrected chi connectivity index (χ1v) is 9.02.